The number of hydrogen-bond donors (Lipinski definition) is 0. The molecule has 2 aliphatic heterocycles. The Hall–Kier alpha value is -1.19. The third-order valence-electron chi connectivity index (χ3n) is 3.75. The standard InChI is InChI=1S/C14H16O3/c15-9-14-7-13(8-14,11-17-14)10-16-6-12-4-2-1-3-5-12/h1-5,9H,6-8,10-11H2. The van der Waals surface area contributed by atoms with Crippen LogP contribution in [0.25, 0.3) is 0 Å². The summed E-state index contributed by atoms with van der Waals surface area (Å²) in [4.78, 5) is 10.8. The van der Waals surface area contributed by atoms with Gasteiger partial charge < -0.3 is 14.3 Å². The van der Waals surface area contributed by atoms with E-state index < -0.39 is 5.60 Å². The number of rotatable bonds is 5. The number of ether oxygens (including phenoxy) is 2. The lowest BCUT2D eigenvalue weighted by Crippen LogP contribution is -2.47. The van der Waals surface area contributed by atoms with Gasteiger partial charge in [-0.05, 0) is 18.4 Å². The van der Waals surface area contributed by atoms with E-state index in [1.54, 1.807) is 0 Å². The minimum Gasteiger partial charge on any atom is -0.376 e. The van der Waals surface area contributed by atoms with Gasteiger partial charge >= 0.3 is 0 Å². The Kier molecular flexibility index (Phi) is 2.53. The Bertz CT molecular complexity index is 407. The minimum atomic E-state index is -0.462. The molecule has 1 aromatic rings. The molecule has 0 amide bonds. The Morgan fingerprint density at radius 1 is 1.29 bits per heavy atom. The van der Waals surface area contributed by atoms with Gasteiger partial charge in [-0.25, -0.2) is 0 Å². The largest absolute Gasteiger partial charge is 0.376 e. The average molecular weight is 232 g/mol. The second-order valence-corrected chi connectivity index (χ2v) is 5.30. The van der Waals surface area contributed by atoms with Crippen LogP contribution in [0.2, 0.25) is 0 Å². The topological polar surface area (TPSA) is 35.5 Å². The second-order valence-electron chi connectivity index (χ2n) is 5.30. The molecule has 0 spiro atoms. The van der Waals surface area contributed by atoms with Crippen molar-refractivity contribution in [2.75, 3.05) is 13.2 Å². The lowest BCUT2D eigenvalue weighted by Gasteiger charge is -2.40. The van der Waals surface area contributed by atoms with Crippen LogP contribution in [0, 0.1) is 5.41 Å². The first-order chi connectivity index (χ1) is 8.26. The second kappa shape index (κ2) is 3.93. The van der Waals surface area contributed by atoms with Gasteiger partial charge in [-0.3, -0.25) is 0 Å². The van der Waals surface area contributed by atoms with E-state index in [0.717, 1.165) is 19.1 Å². The molecule has 3 aliphatic rings. The first-order valence-corrected chi connectivity index (χ1v) is 5.98. The zero-order valence-electron chi connectivity index (χ0n) is 9.72. The summed E-state index contributed by atoms with van der Waals surface area (Å²) < 4.78 is 11.3. The van der Waals surface area contributed by atoms with Gasteiger partial charge in [0.05, 0.1) is 19.8 Å². The van der Waals surface area contributed by atoms with Crippen LogP contribution in [-0.2, 0) is 20.9 Å². The molecule has 1 aliphatic carbocycles. The Labute approximate surface area is 101 Å². The van der Waals surface area contributed by atoms with Gasteiger partial charge in [-0.1, -0.05) is 30.3 Å². The van der Waals surface area contributed by atoms with E-state index in [9.17, 15) is 4.79 Å². The van der Waals surface area contributed by atoms with E-state index in [0.29, 0.717) is 19.8 Å². The third kappa shape index (κ3) is 1.90. The molecular weight excluding hydrogens is 216 g/mol. The van der Waals surface area contributed by atoms with Gasteiger partial charge in [-0.15, -0.1) is 0 Å². The van der Waals surface area contributed by atoms with Crippen molar-refractivity contribution in [2.24, 2.45) is 5.41 Å². The van der Waals surface area contributed by atoms with Crippen LogP contribution in [0.3, 0.4) is 0 Å². The summed E-state index contributed by atoms with van der Waals surface area (Å²) in [6, 6.07) is 10.1. The number of hydrogen-bond acceptors (Lipinski definition) is 3. The van der Waals surface area contributed by atoms with E-state index >= 15 is 0 Å². The van der Waals surface area contributed by atoms with Crippen molar-refractivity contribution in [3.8, 4) is 0 Å². The molecule has 2 bridgehead atoms. The lowest BCUT2D eigenvalue weighted by molar-refractivity contribution is -0.130. The highest BCUT2D eigenvalue weighted by atomic mass is 16.5. The van der Waals surface area contributed by atoms with Crippen LogP contribution in [0.4, 0.5) is 0 Å². The summed E-state index contributed by atoms with van der Waals surface area (Å²) in [6.45, 7) is 1.99. The Morgan fingerprint density at radius 3 is 2.71 bits per heavy atom. The molecule has 2 saturated heterocycles. The fourth-order valence-corrected chi connectivity index (χ4v) is 2.94. The van der Waals surface area contributed by atoms with E-state index in [1.165, 1.54) is 5.56 Å². The number of aldehydes is 1. The molecule has 2 heterocycles. The van der Waals surface area contributed by atoms with Gasteiger partial charge in [0.2, 0.25) is 0 Å². The van der Waals surface area contributed by atoms with Crippen molar-refractivity contribution >= 4 is 6.29 Å². The summed E-state index contributed by atoms with van der Waals surface area (Å²) in [7, 11) is 0. The van der Waals surface area contributed by atoms with Crippen molar-refractivity contribution in [2.45, 2.75) is 25.0 Å². The summed E-state index contributed by atoms with van der Waals surface area (Å²) in [5.41, 5.74) is 0.829. The van der Waals surface area contributed by atoms with Gasteiger partial charge in [0.25, 0.3) is 0 Å². The molecule has 0 aromatic heterocycles. The number of fused-ring (bicyclic) bond motifs is 1. The van der Waals surface area contributed by atoms with Crippen LogP contribution < -0.4 is 0 Å². The summed E-state index contributed by atoms with van der Waals surface area (Å²) in [5, 5.41) is 0. The molecule has 3 nitrogen and oxygen atoms in total. The molecule has 3 heteroatoms. The van der Waals surface area contributed by atoms with E-state index in [4.69, 9.17) is 9.47 Å². The SMILES string of the molecule is O=CC12CC(COCc3ccccc3)(CO1)C2. The number of benzene rings is 1. The quantitative estimate of drug-likeness (QED) is 0.728. The van der Waals surface area contributed by atoms with Crippen LogP contribution in [0.1, 0.15) is 18.4 Å². The number of carbonyl (C=O) groups excluding carboxylic acids is 1. The van der Waals surface area contributed by atoms with Crippen LogP contribution in [0.5, 0.6) is 0 Å². The number of carbonyl (C=O) groups is 1. The van der Waals surface area contributed by atoms with Crippen molar-refractivity contribution < 1.29 is 14.3 Å². The summed E-state index contributed by atoms with van der Waals surface area (Å²) in [6.07, 6.45) is 2.62. The molecule has 0 unspecified atom stereocenters. The maximum absolute atomic E-state index is 10.8. The zero-order chi connectivity index (χ0) is 11.8. The minimum absolute atomic E-state index is 0.107. The van der Waals surface area contributed by atoms with Crippen molar-refractivity contribution in [1.82, 2.24) is 0 Å². The fourth-order valence-electron chi connectivity index (χ4n) is 2.94. The van der Waals surface area contributed by atoms with Gasteiger partial charge in [-0.2, -0.15) is 0 Å². The highest BCUT2D eigenvalue weighted by Gasteiger charge is 2.62. The molecule has 90 valence electrons. The fraction of sp³-hybridized carbons (Fsp3) is 0.500. The van der Waals surface area contributed by atoms with Crippen molar-refractivity contribution in [1.29, 1.82) is 0 Å². The molecule has 0 N–H and O–H groups in total. The maximum Gasteiger partial charge on any atom is 0.151 e. The average Bonchev–Trinajstić information content (AvgIpc) is 2.86. The van der Waals surface area contributed by atoms with E-state index in [1.807, 2.05) is 18.2 Å². The lowest BCUT2D eigenvalue weighted by atomic mass is 9.63. The predicted octanol–water partition coefficient (Wildman–Crippen LogP) is 1.95. The van der Waals surface area contributed by atoms with E-state index in [2.05, 4.69) is 12.1 Å². The Morgan fingerprint density at radius 2 is 2.06 bits per heavy atom. The predicted molar refractivity (Wildman–Crippen MR) is 62.5 cm³/mol. The maximum atomic E-state index is 10.8. The molecule has 0 atom stereocenters. The van der Waals surface area contributed by atoms with Gasteiger partial charge in [0.1, 0.15) is 5.60 Å². The van der Waals surface area contributed by atoms with Crippen molar-refractivity contribution in [3.63, 3.8) is 0 Å². The molecular formula is C14H16O3. The first kappa shape index (κ1) is 10.9. The zero-order valence-corrected chi connectivity index (χ0v) is 9.72. The smallest absolute Gasteiger partial charge is 0.151 e. The highest BCUT2D eigenvalue weighted by molar-refractivity contribution is 5.66. The van der Waals surface area contributed by atoms with Crippen LogP contribution >= 0.6 is 0 Å². The summed E-state index contributed by atoms with van der Waals surface area (Å²) >= 11 is 0. The Balaban J connectivity index is 1.49. The summed E-state index contributed by atoms with van der Waals surface area (Å²) in [5.74, 6) is 0. The van der Waals surface area contributed by atoms with Gasteiger partial charge in [0, 0.05) is 5.41 Å². The monoisotopic (exact) mass is 232 g/mol. The normalized spacial score (nSPS) is 34.4. The molecule has 17 heavy (non-hydrogen) atoms. The first-order valence-electron chi connectivity index (χ1n) is 5.98. The molecule has 1 aromatic carbocycles. The van der Waals surface area contributed by atoms with Crippen LogP contribution in [0.15, 0.2) is 30.3 Å². The molecule has 0 radical (unpaired) electrons. The molecule has 4 rings (SSSR count). The molecule has 1 saturated carbocycles. The highest BCUT2D eigenvalue weighted by Crippen LogP contribution is 2.56. The van der Waals surface area contributed by atoms with Gasteiger partial charge in [0.15, 0.2) is 6.29 Å². The third-order valence-corrected chi connectivity index (χ3v) is 3.75. The van der Waals surface area contributed by atoms with E-state index in [-0.39, 0.29) is 5.41 Å². The molecule has 3 fully saturated rings. The van der Waals surface area contributed by atoms with Crippen LogP contribution in [-0.4, -0.2) is 25.1 Å². The van der Waals surface area contributed by atoms with Crippen molar-refractivity contribution in [3.05, 3.63) is 35.9 Å².